The van der Waals surface area contributed by atoms with Gasteiger partial charge in [0.15, 0.2) is 0 Å². The zero-order valence-corrected chi connectivity index (χ0v) is 14.7. The molecule has 1 aromatic carbocycles. The molecule has 134 valence electrons. The summed E-state index contributed by atoms with van der Waals surface area (Å²) < 4.78 is 7.38. The van der Waals surface area contributed by atoms with Gasteiger partial charge in [0.2, 0.25) is 0 Å². The Kier molecular flexibility index (Phi) is 5.23. The van der Waals surface area contributed by atoms with Crippen LogP contribution in [0.3, 0.4) is 0 Å². The number of carbonyl (C=O) groups excluding carboxylic acids is 1. The minimum Gasteiger partial charge on any atom is -0.494 e. The standard InChI is InChI=1S/C18H25N5O2/c1-3-25-15-6-4-5-14(7-15)12(2)20-8-13-9-21-18-16(17(19)24)10-22-23(18)11-13/h4-7,10,12-13,20-21H,3,8-9,11H2,1-2H3,(H2,19,24)/t12-,13+/m0/s1. The molecule has 0 radical (unpaired) electrons. The monoisotopic (exact) mass is 343 g/mol. The molecule has 7 heteroatoms. The van der Waals surface area contributed by atoms with Crippen molar-refractivity contribution in [1.82, 2.24) is 15.1 Å². The lowest BCUT2D eigenvalue weighted by Gasteiger charge is -2.27. The normalized spacial score (nSPS) is 17.4. The van der Waals surface area contributed by atoms with E-state index >= 15 is 0 Å². The number of anilines is 1. The summed E-state index contributed by atoms with van der Waals surface area (Å²) in [7, 11) is 0. The number of nitrogens with two attached hydrogens (primary N) is 1. The highest BCUT2D eigenvalue weighted by Gasteiger charge is 2.23. The number of hydrogen-bond acceptors (Lipinski definition) is 5. The van der Waals surface area contributed by atoms with Crippen molar-refractivity contribution in [3.05, 3.63) is 41.6 Å². The van der Waals surface area contributed by atoms with E-state index < -0.39 is 5.91 Å². The highest BCUT2D eigenvalue weighted by atomic mass is 16.5. The van der Waals surface area contributed by atoms with Crippen molar-refractivity contribution in [3.8, 4) is 5.75 Å². The van der Waals surface area contributed by atoms with Crippen LogP contribution in [-0.4, -0.2) is 35.4 Å². The third-order valence-electron chi connectivity index (χ3n) is 4.48. The second kappa shape index (κ2) is 7.57. The molecule has 0 saturated carbocycles. The average molecular weight is 343 g/mol. The van der Waals surface area contributed by atoms with Crippen LogP contribution in [0.2, 0.25) is 0 Å². The molecule has 2 heterocycles. The number of amides is 1. The molecule has 2 aromatic rings. The second-order valence-corrected chi connectivity index (χ2v) is 6.34. The number of benzene rings is 1. The maximum atomic E-state index is 11.4. The zero-order valence-electron chi connectivity index (χ0n) is 14.7. The maximum Gasteiger partial charge on any atom is 0.254 e. The van der Waals surface area contributed by atoms with Gasteiger partial charge in [-0.3, -0.25) is 4.79 Å². The molecular formula is C18H25N5O2. The van der Waals surface area contributed by atoms with E-state index in [-0.39, 0.29) is 6.04 Å². The largest absolute Gasteiger partial charge is 0.494 e. The molecule has 0 saturated heterocycles. The van der Waals surface area contributed by atoms with E-state index in [1.165, 1.54) is 11.8 Å². The highest BCUT2D eigenvalue weighted by molar-refractivity contribution is 5.97. The first-order valence-electron chi connectivity index (χ1n) is 8.64. The first-order chi connectivity index (χ1) is 12.1. The summed E-state index contributed by atoms with van der Waals surface area (Å²) in [6, 6.07) is 8.39. The number of rotatable bonds is 7. The molecule has 0 bridgehead atoms. The van der Waals surface area contributed by atoms with Crippen LogP contribution in [-0.2, 0) is 6.54 Å². The third kappa shape index (κ3) is 3.93. The molecule has 1 amide bonds. The smallest absolute Gasteiger partial charge is 0.254 e. The van der Waals surface area contributed by atoms with Crippen LogP contribution in [0, 0.1) is 5.92 Å². The Balaban J connectivity index is 1.57. The quantitative estimate of drug-likeness (QED) is 0.712. The number of primary amides is 1. The molecular weight excluding hydrogens is 318 g/mol. The van der Waals surface area contributed by atoms with E-state index in [4.69, 9.17) is 10.5 Å². The summed E-state index contributed by atoms with van der Waals surface area (Å²) >= 11 is 0. The number of ether oxygens (including phenoxy) is 1. The van der Waals surface area contributed by atoms with Crippen LogP contribution >= 0.6 is 0 Å². The van der Waals surface area contributed by atoms with Gasteiger partial charge >= 0.3 is 0 Å². The van der Waals surface area contributed by atoms with Crippen molar-refractivity contribution in [3.63, 3.8) is 0 Å². The molecule has 0 spiro atoms. The van der Waals surface area contributed by atoms with Crippen LogP contribution < -0.4 is 21.1 Å². The lowest BCUT2D eigenvalue weighted by Crippen LogP contribution is -2.36. The van der Waals surface area contributed by atoms with Crippen molar-refractivity contribution in [1.29, 1.82) is 0 Å². The number of aromatic nitrogens is 2. The molecule has 1 aromatic heterocycles. The summed E-state index contributed by atoms with van der Waals surface area (Å²) in [5, 5.41) is 11.1. The molecule has 0 aliphatic carbocycles. The molecule has 2 atom stereocenters. The number of nitrogens with zero attached hydrogens (tertiary/aromatic N) is 2. The number of fused-ring (bicyclic) bond motifs is 1. The van der Waals surface area contributed by atoms with Gasteiger partial charge < -0.3 is 21.1 Å². The van der Waals surface area contributed by atoms with E-state index in [0.29, 0.717) is 18.1 Å². The van der Waals surface area contributed by atoms with Crippen LogP contribution in [0.1, 0.15) is 35.8 Å². The summed E-state index contributed by atoms with van der Waals surface area (Å²) in [6.07, 6.45) is 1.53. The molecule has 4 N–H and O–H groups in total. The van der Waals surface area contributed by atoms with Crippen molar-refractivity contribution in [2.24, 2.45) is 11.7 Å². The second-order valence-electron chi connectivity index (χ2n) is 6.34. The van der Waals surface area contributed by atoms with Gasteiger partial charge in [0.05, 0.1) is 12.8 Å². The molecule has 1 aliphatic heterocycles. The third-order valence-corrected chi connectivity index (χ3v) is 4.48. The van der Waals surface area contributed by atoms with Crippen molar-refractivity contribution < 1.29 is 9.53 Å². The average Bonchev–Trinajstić information content (AvgIpc) is 3.03. The Bertz CT molecular complexity index is 743. The lowest BCUT2D eigenvalue weighted by atomic mass is 10.0. The van der Waals surface area contributed by atoms with E-state index in [9.17, 15) is 4.79 Å². The zero-order chi connectivity index (χ0) is 17.8. The summed E-state index contributed by atoms with van der Waals surface area (Å²) in [6.45, 7) is 7.18. The van der Waals surface area contributed by atoms with Gasteiger partial charge in [-0.05, 0) is 31.5 Å². The predicted molar refractivity (Wildman–Crippen MR) is 96.8 cm³/mol. The topological polar surface area (TPSA) is 94.2 Å². The predicted octanol–water partition coefficient (Wildman–Crippen LogP) is 1.77. The minimum atomic E-state index is -0.451. The fourth-order valence-corrected chi connectivity index (χ4v) is 3.08. The van der Waals surface area contributed by atoms with Gasteiger partial charge in [-0.15, -0.1) is 0 Å². The molecule has 0 fully saturated rings. The summed E-state index contributed by atoms with van der Waals surface area (Å²) in [4.78, 5) is 11.4. The van der Waals surface area contributed by atoms with E-state index in [1.54, 1.807) is 0 Å². The Morgan fingerprint density at radius 3 is 3.16 bits per heavy atom. The summed E-state index contributed by atoms with van der Waals surface area (Å²) in [5.41, 5.74) is 7.01. The maximum absolute atomic E-state index is 11.4. The van der Waals surface area contributed by atoms with E-state index in [1.807, 2.05) is 23.7 Å². The Hall–Kier alpha value is -2.54. The Labute approximate surface area is 147 Å². The van der Waals surface area contributed by atoms with Gasteiger partial charge in [-0.2, -0.15) is 5.10 Å². The van der Waals surface area contributed by atoms with Gasteiger partial charge in [0.1, 0.15) is 17.1 Å². The summed E-state index contributed by atoms with van der Waals surface area (Å²) in [5.74, 6) is 1.55. The molecule has 0 unspecified atom stereocenters. The number of nitrogens with one attached hydrogen (secondary N) is 2. The van der Waals surface area contributed by atoms with Crippen LogP contribution in [0.4, 0.5) is 5.82 Å². The molecule has 7 nitrogen and oxygen atoms in total. The van der Waals surface area contributed by atoms with Gasteiger partial charge in [0.25, 0.3) is 5.91 Å². The molecule has 1 aliphatic rings. The first-order valence-corrected chi connectivity index (χ1v) is 8.64. The Morgan fingerprint density at radius 2 is 2.40 bits per heavy atom. The van der Waals surface area contributed by atoms with E-state index in [0.717, 1.165) is 31.2 Å². The molecule has 25 heavy (non-hydrogen) atoms. The van der Waals surface area contributed by atoms with E-state index in [2.05, 4.69) is 34.8 Å². The minimum absolute atomic E-state index is 0.223. The number of hydrogen-bond donors (Lipinski definition) is 3. The fourth-order valence-electron chi connectivity index (χ4n) is 3.08. The van der Waals surface area contributed by atoms with Gasteiger partial charge in [-0.1, -0.05) is 12.1 Å². The SMILES string of the molecule is CCOc1cccc([C@H](C)NC[C@@H]2CNc3c(C(N)=O)cnn3C2)c1. The molecule has 3 rings (SSSR count). The fraction of sp³-hybridized carbons (Fsp3) is 0.444. The van der Waals surface area contributed by atoms with Crippen LogP contribution in [0.25, 0.3) is 0 Å². The van der Waals surface area contributed by atoms with Crippen LogP contribution in [0.5, 0.6) is 5.75 Å². The van der Waals surface area contributed by atoms with Crippen molar-refractivity contribution in [2.75, 3.05) is 25.0 Å². The van der Waals surface area contributed by atoms with Gasteiger partial charge in [-0.25, -0.2) is 4.68 Å². The van der Waals surface area contributed by atoms with Gasteiger partial charge in [0, 0.05) is 31.6 Å². The van der Waals surface area contributed by atoms with Crippen LogP contribution in [0.15, 0.2) is 30.5 Å². The number of carbonyl (C=O) groups is 1. The highest BCUT2D eigenvalue weighted by Crippen LogP contribution is 2.23. The van der Waals surface area contributed by atoms with Crippen molar-refractivity contribution in [2.45, 2.75) is 26.4 Å². The lowest BCUT2D eigenvalue weighted by molar-refractivity contribution is 0.100. The Morgan fingerprint density at radius 1 is 1.56 bits per heavy atom. The van der Waals surface area contributed by atoms with Crippen molar-refractivity contribution >= 4 is 11.7 Å². The first kappa shape index (κ1) is 17.3.